The summed E-state index contributed by atoms with van der Waals surface area (Å²) in [5.74, 6) is 0.582. The van der Waals surface area contributed by atoms with Gasteiger partial charge in [0.15, 0.2) is 11.6 Å². The maximum atomic E-state index is 13.3. The molecule has 0 fully saturated rings. The molecule has 0 radical (unpaired) electrons. The molecular weight excluding hydrogens is 344 g/mol. The molecule has 154 valence electrons. The molecule has 0 saturated heterocycles. The van der Waals surface area contributed by atoms with E-state index in [9.17, 15) is 9.59 Å². The average Bonchev–Trinajstić information content (AvgIpc) is 2.56. The Hall–Kier alpha value is -1.70. The summed E-state index contributed by atoms with van der Waals surface area (Å²) in [5, 5.41) is 0. The standard InChI is InChI=1S/C26H38O2/c1-8-20(24(28)23-19(3)13-11-17-26(23,6)7)14-9-15-21(27)22-18(2)12-10-16-25(22,4)5/h8-9,11-13,15,19,22-23H,10,14,16-17H2,1-7H3. The predicted octanol–water partition coefficient (Wildman–Crippen LogP) is 6.64. The van der Waals surface area contributed by atoms with Gasteiger partial charge in [-0.15, -0.1) is 0 Å². The lowest BCUT2D eigenvalue weighted by Gasteiger charge is -2.39. The summed E-state index contributed by atoms with van der Waals surface area (Å²) in [5.41, 5.74) is 1.96. The van der Waals surface area contributed by atoms with Gasteiger partial charge in [-0.1, -0.05) is 70.6 Å². The van der Waals surface area contributed by atoms with E-state index in [1.807, 2.05) is 19.1 Å². The second kappa shape index (κ2) is 8.76. The van der Waals surface area contributed by atoms with Crippen LogP contribution in [0.2, 0.25) is 0 Å². The molecule has 0 saturated carbocycles. The van der Waals surface area contributed by atoms with Gasteiger partial charge < -0.3 is 0 Å². The third-order valence-corrected chi connectivity index (χ3v) is 6.79. The molecule has 0 amide bonds. The maximum Gasteiger partial charge on any atom is 0.163 e. The molecule has 2 aliphatic rings. The van der Waals surface area contributed by atoms with Crippen molar-refractivity contribution >= 4 is 11.6 Å². The summed E-state index contributed by atoms with van der Waals surface area (Å²) < 4.78 is 0. The van der Waals surface area contributed by atoms with E-state index in [0.29, 0.717) is 6.42 Å². The number of carbonyl (C=O) groups is 2. The second-order valence-corrected chi connectivity index (χ2v) is 10.1. The van der Waals surface area contributed by atoms with Crippen molar-refractivity contribution in [3.8, 4) is 0 Å². The summed E-state index contributed by atoms with van der Waals surface area (Å²) in [6.07, 6.45) is 15.6. The van der Waals surface area contributed by atoms with Crippen LogP contribution < -0.4 is 0 Å². The normalized spacial score (nSPS) is 29.6. The summed E-state index contributed by atoms with van der Waals surface area (Å²) in [7, 11) is 0. The van der Waals surface area contributed by atoms with Crippen LogP contribution in [0.5, 0.6) is 0 Å². The summed E-state index contributed by atoms with van der Waals surface area (Å²) in [4.78, 5) is 26.1. The highest BCUT2D eigenvalue weighted by molar-refractivity contribution is 5.99. The minimum Gasteiger partial charge on any atom is -0.294 e. The minimum absolute atomic E-state index is 0.00439. The van der Waals surface area contributed by atoms with Crippen molar-refractivity contribution in [3.63, 3.8) is 0 Å². The fourth-order valence-electron chi connectivity index (χ4n) is 5.25. The van der Waals surface area contributed by atoms with Crippen molar-refractivity contribution in [2.75, 3.05) is 0 Å². The topological polar surface area (TPSA) is 34.1 Å². The third-order valence-electron chi connectivity index (χ3n) is 6.79. The zero-order valence-electron chi connectivity index (χ0n) is 18.8. The maximum absolute atomic E-state index is 13.3. The molecule has 2 nitrogen and oxygen atoms in total. The molecule has 28 heavy (non-hydrogen) atoms. The van der Waals surface area contributed by atoms with E-state index in [1.54, 1.807) is 6.08 Å². The van der Waals surface area contributed by atoms with Gasteiger partial charge in [-0.3, -0.25) is 9.59 Å². The lowest BCUT2D eigenvalue weighted by atomic mass is 9.64. The third kappa shape index (κ3) is 4.82. The second-order valence-electron chi connectivity index (χ2n) is 10.1. The van der Waals surface area contributed by atoms with Crippen molar-refractivity contribution in [2.24, 2.45) is 28.6 Å². The fourth-order valence-corrected chi connectivity index (χ4v) is 5.25. The molecule has 3 atom stereocenters. The SMILES string of the molecule is CC=C(CC=CC(=O)C1C(C)=CCCC1(C)C)C(=O)C1C(C)C=CCC1(C)C. The van der Waals surface area contributed by atoms with Gasteiger partial charge >= 0.3 is 0 Å². The highest BCUT2D eigenvalue weighted by atomic mass is 16.1. The first-order valence-electron chi connectivity index (χ1n) is 10.7. The highest BCUT2D eigenvalue weighted by Crippen LogP contribution is 2.43. The molecule has 2 aliphatic carbocycles. The van der Waals surface area contributed by atoms with Gasteiger partial charge in [0.05, 0.1) is 0 Å². The first-order chi connectivity index (χ1) is 13.0. The van der Waals surface area contributed by atoms with Gasteiger partial charge in [0.25, 0.3) is 0 Å². The fraction of sp³-hybridized carbons (Fsp3) is 0.615. The van der Waals surface area contributed by atoms with E-state index in [2.05, 4.69) is 59.8 Å². The molecule has 0 aromatic carbocycles. The molecule has 0 N–H and O–H groups in total. The number of ketones is 2. The number of allylic oxidation sites excluding steroid dienone is 8. The Balaban J connectivity index is 2.10. The Kier molecular flexibility index (Phi) is 7.07. The van der Waals surface area contributed by atoms with Crippen molar-refractivity contribution < 1.29 is 9.59 Å². The minimum atomic E-state index is -0.0512. The van der Waals surface area contributed by atoms with E-state index in [4.69, 9.17) is 0 Å². The average molecular weight is 383 g/mol. The van der Waals surface area contributed by atoms with Crippen molar-refractivity contribution in [1.29, 1.82) is 0 Å². The number of hydrogen-bond donors (Lipinski definition) is 0. The highest BCUT2D eigenvalue weighted by Gasteiger charge is 2.40. The lowest BCUT2D eigenvalue weighted by Crippen LogP contribution is -2.38. The molecule has 0 spiro atoms. The number of hydrogen-bond acceptors (Lipinski definition) is 2. The molecule has 0 aliphatic heterocycles. The van der Waals surface area contributed by atoms with Crippen LogP contribution in [0.15, 0.2) is 47.6 Å². The smallest absolute Gasteiger partial charge is 0.163 e. The van der Waals surface area contributed by atoms with Gasteiger partial charge in [0.2, 0.25) is 0 Å². The van der Waals surface area contributed by atoms with E-state index in [1.165, 1.54) is 5.57 Å². The predicted molar refractivity (Wildman–Crippen MR) is 118 cm³/mol. The lowest BCUT2D eigenvalue weighted by molar-refractivity contribution is -0.124. The Bertz CT molecular complexity index is 728. The van der Waals surface area contributed by atoms with Gasteiger partial charge in [-0.2, -0.15) is 0 Å². The Morgan fingerprint density at radius 3 is 2.43 bits per heavy atom. The first kappa shape index (κ1) is 22.6. The van der Waals surface area contributed by atoms with E-state index >= 15 is 0 Å². The number of Topliss-reactive ketones (excluding diaryl/α,β-unsaturated/α-hetero) is 1. The van der Waals surface area contributed by atoms with E-state index in [0.717, 1.165) is 24.8 Å². The van der Waals surface area contributed by atoms with Gasteiger partial charge in [0, 0.05) is 11.8 Å². The van der Waals surface area contributed by atoms with Crippen LogP contribution in [0.3, 0.4) is 0 Å². The van der Waals surface area contributed by atoms with Gasteiger partial charge in [-0.25, -0.2) is 0 Å². The van der Waals surface area contributed by atoms with Crippen LogP contribution in [0.1, 0.15) is 74.1 Å². The van der Waals surface area contributed by atoms with Crippen molar-refractivity contribution in [3.05, 3.63) is 47.6 Å². The molecule has 3 unspecified atom stereocenters. The summed E-state index contributed by atoms with van der Waals surface area (Å²) in [6, 6.07) is 0. The first-order valence-corrected chi connectivity index (χ1v) is 10.7. The van der Waals surface area contributed by atoms with Crippen LogP contribution >= 0.6 is 0 Å². The molecule has 0 aromatic rings. The summed E-state index contributed by atoms with van der Waals surface area (Å²) in [6.45, 7) is 14.9. The molecule has 0 heterocycles. The van der Waals surface area contributed by atoms with Crippen LogP contribution in [-0.4, -0.2) is 11.6 Å². The molecule has 2 rings (SSSR count). The quantitative estimate of drug-likeness (QED) is 0.381. The number of carbonyl (C=O) groups excluding carboxylic acids is 2. The number of rotatable bonds is 6. The zero-order chi connectivity index (χ0) is 21.1. The molecule has 0 bridgehead atoms. The summed E-state index contributed by atoms with van der Waals surface area (Å²) >= 11 is 0. The Morgan fingerprint density at radius 2 is 1.86 bits per heavy atom. The zero-order valence-corrected chi connectivity index (χ0v) is 18.8. The van der Waals surface area contributed by atoms with Crippen LogP contribution in [-0.2, 0) is 9.59 Å². The molecule has 2 heteroatoms. The van der Waals surface area contributed by atoms with Crippen LogP contribution in [0.25, 0.3) is 0 Å². The van der Waals surface area contributed by atoms with Crippen LogP contribution in [0.4, 0.5) is 0 Å². The van der Waals surface area contributed by atoms with Crippen LogP contribution in [0, 0.1) is 28.6 Å². The van der Waals surface area contributed by atoms with E-state index < -0.39 is 0 Å². The molecule has 0 aromatic heterocycles. The largest absolute Gasteiger partial charge is 0.294 e. The van der Waals surface area contributed by atoms with Gasteiger partial charge in [-0.05, 0) is 67.9 Å². The Labute approximate surface area is 171 Å². The molecular formula is C26H38O2. The van der Waals surface area contributed by atoms with Crippen molar-refractivity contribution in [1.82, 2.24) is 0 Å². The Morgan fingerprint density at radius 1 is 1.18 bits per heavy atom. The van der Waals surface area contributed by atoms with E-state index in [-0.39, 0.29) is 40.2 Å². The monoisotopic (exact) mass is 382 g/mol. The van der Waals surface area contributed by atoms with Gasteiger partial charge in [0.1, 0.15) is 0 Å². The van der Waals surface area contributed by atoms with Crippen molar-refractivity contribution in [2.45, 2.75) is 74.1 Å².